The number of piperidine rings is 1. The number of anilines is 3. The van der Waals surface area contributed by atoms with Gasteiger partial charge in [0.1, 0.15) is 0 Å². The molecule has 2 N–H and O–H groups in total. The van der Waals surface area contributed by atoms with Crippen LogP contribution in [0, 0.1) is 0 Å². The Balaban J connectivity index is 1.35. The van der Waals surface area contributed by atoms with E-state index in [2.05, 4.69) is 10.6 Å². The average Bonchev–Trinajstić information content (AvgIpc) is 2.93. The first kappa shape index (κ1) is 25.0. The van der Waals surface area contributed by atoms with Crippen LogP contribution in [-0.2, 0) is 4.79 Å². The normalized spacial score (nSPS) is 13.1. The number of nitrogens with one attached hydrogen (secondary N) is 2. The van der Waals surface area contributed by atoms with E-state index < -0.39 is 0 Å². The van der Waals surface area contributed by atoms with Crippen molar-refractivity contribution in [3.8, 4) is 0 Å². The summed E-state index contributed by atoms with van der Waals surface area (Å²) in [6, 6.07) is 23.7. The molecule has 7 heteroatoms. The second kappa shape index (κ2) is 12.0. The van der Waals surface area contributed by atoms with Crippen LogP contribution in [0.5, 0.6) is 0 Å². The summed E-state index contributed by atoms with van der Waals surface area (Å²) in [6.07, 6.45) is 3.22. The lowest BCUT2D eigenvalue weighted by Gasteiger charge is -2.26. The van der Waals surface area contributed by atoms with Gasteiger partial charge in [0.25, 0.3) is 11.8 Å². The number of rotatable bonds is 8. The van der Waals surface area contributed by atoms with Crippen molar-refractivity contribution in [2.45, 2.75) is 26.2 Å². The summed E-state index contributed by atoms with van der Waals surface area (Å²) in [5.74, 6) is -0.345. The van der Waals surface area contributed by atoms with E-state index in [4.69, 9.17) is 0 Å². The quantitative estimate of drug-likeness (QED) is 0.470. The van der Waals surface area contributed by atoms with E-state index in [1.165, 1.54) is 0 Å². The number of para-hydroxylation sites is 1. The number of carbonyl (C=O) groups is 3. The predicted molar refractivity (Wildman–Crippen MR) is 144 cm³/mol. The summed E-state index contributed by atoms with van der Waals surface area (Å²) in [4.78, 5) is 42.0. The zero-order valence-corrected chi connectivity index (χ0v) is 20.6. The molecule has 1 aliphatic rings. The maximum Gasteiger partial charge on any atom is 0.258 e. The highest BCUT2D eigenvalue weighted by Gasteiger charge is 2.19. The maximum absolute atomic E-state index is 13.1. The molecule has 36 heavy (non-hydrogen) atoms. The molecule has 3 aromatic rings. The molecule has 4 rings (SSSR count). The highest BCUT2D eigenvalue weighted by atomic mass is 16.2. The van der Waals surface area contributed by atoms with E-state index >= 15 is 0 Å². The second-order valence-corrected chi connectivity index (χ2v) is 8.80. The topological polar surface area (TPSA) is 81.8 Å². The van der Waals surface area contributed by atoms with Gasteiger partial charge in [-0.05, 0) is 74.7 Å². The SMILES string of the molecule is CCN(C(=O)c1cccc(NCC(=O)Nc2cccc(C(=O)N3CCCCC3)c2)c1)c1ccccc1. The highest BCUT2D eigenvalue weighted by Crippen LogP contribution is 2.19. The molecule has 0 radical (unpaired) electrons. The van der Waals surface area contributed by atoms with Crippen LogP contribution in [0.2, 0.25) is 0 Å². The van der Waals surface area contributed by atoms with Crippen LogP contribution in [0.3, 0.4) is 0 Å². The minimum absolute atomic E-state index is 0.00188. The molecule has 0 bridgehead atoms. The fraction of sp³-hybridized carbons (Fsp3) is 0.276. The average molecular weight is 485 g/mol. The van der Waals surface area contributed by atoms with E-state index in [-0.39, 0.29) is 24.3 Å². The number of hydrogen-bond donors (Lipinski definition) is 2. The third kappa shape index (κ3) is 6.30. The van der Waals surface area contributed by atoms with Gasteiger partial charge in [0.15, 0.2) is 0 Å². The third-order valence-electron chi connectivity index (χ3n) is 6.23. The number of carbonyl (C=O) groups excluding carboxylic acids is 3. The molecule has 1 aliphatic heterocycles. The Kier molecular flexibility index (Phi) is 8.34. The summed E-state index contributed by atoms with van der Waals surface area (Å²) in [5, 5.41) is 5.94. The van der Waals surface area contributed by atoms with Gasteiger partial charge in [-0.3, -0.25) is 14.4 Å². The molecule has 3 aromatic carbocycles. The molecule has 0 saturated carbocycles. The Morgan fingerprint density at radius 1 is 0.806 bits per heavy atom. The smallest absolute Gasteiger partial charge is 0.258 e. The first-order chi connectivity index (χ1) is 17.5. The van der Waals surface area contributed by atoms with Crippen molar-refractivity contribution in [3.63, 3.8) is 0 Å². The van der Waals surface area contributed by atoms with Gasteiger partial charge in [-0.25, -0.2) is 0 Å². The number of likely N-dealkylation sites (tertiary alicyclic amines) is 1. The van der Waals surface area contributed by atoms with Crippen molar-refractivity contribution in [2.75, 3.05) is 41.7 Å². The molecule has 1 heterocycles. The van der Waals surface area contributed by atoms with Gasteiger partial charge in [-0.15, -0.1) is 0 Å². The Morgan fingerprint density at radius 2 is 1.47 bits per heavy atom. The van der Waals surface area contributed by atoms with Gasteiger partial charge in [0, 0.05) is 47.8 Å². The lowest BCUT2D eigenvalue weighted by Crippen LogP contribution is -2.35. The molecule has 0 unspecified atom stereocenters. The zero-order valence-electron chi connectivity index (χ0n) is 20.6. The first-order valence-corrected chi connectivity index (χ1v) is 12.4. The van der Waals surface area contributed by atoms with Crippen LogP contribution in [0.4, 0.5) is 17.1 Å². The zero-order chi connectivity index (χ0) is 25.3. The van der Waals surface area contributed by atoms with Crippen molar-refractivity contribution >= 4 is 34.8 Å². The minimum atomic E-state index is -0.242. The van der Waals surface area contributed by atoms with Gasteiger partial charge >= 0.3 is 0 Å². The summed E-state index contributed by atoms with van der Waals surface area (Å²) < 4.78 is 0. The van der Waals surface area contributed by atoms with Crippen LogP contribution >= 0.6 is 0 Å². The van der Waals surface area contributed by atoms with E-state index in [1.54, 1.807) is 47.4 Å². The molecule has 1 saturated heterocycles. The standard InChI is InChI=1S/C29H32N4O3/c1-2-33(26-15-5-3-6-16-26)29(36)23-12-9-13-24(19-23)30-21-27(34)31-25-14-10-11-22(20-25)28(35)32-17-7-4-8-18-32/h3,5-6,9-16,19-20,30H,2,4,7-8,17-18,21H2,1H3,(H,31,34). The predicted octanol–water partition coefficient (Wildman–Crippen LogP) is 5.03. The maximum atomic E-state index is 13.1. The molecule has 1 fully saturated rings. The van der Waals surface area contributed by atoms with Crippen molar-refractivity contribution in [1.29, 1.82) is 0 Å². The second-order valence-electron chi connectivity index (χ2n) is 8.80. The molecule has 0 aromatic heterocycles. The molecule has 0 spiro atoms. The van der Waals surface area contributed by atoms with E-state index in [0.29, 0.717) is 29.0 Å². The van der Waals surface area contributed by atoms with Crippen molar-refractivity contribution in [3.05, 3.63) is 90.0 Å². The summed E-state index contributed by atoms with van der Waals surface area (Å²) in [5.41, 5.74) is 3.20. The van der Waals surface area contributed by atoms with E-state index in [0.717, 1.165) is 38.0 Å². The molecule has 7 nitrogen and oxygen atoms in total. The van der Waals surface area contributed by atoms with E-state index in [9.17, 15) is 14.4 Å². The lowest BCUT2D eigenvalue weighted by molar-refractivity contribution is -0.114. The van der Waals surface area contributed by atoms with Gasteiger partial charge in [-0.2, -0.15) is 0 Å². The Labute approximate surface area is 212 Å². The number of amides is 3. The van der Waals surface area contributed by atoms with Crippen LogP contribution in [0.1, 0.15) is 46.9 Å². The summed E-state index contributed by atoms with van der Waals surface area (Å²) >= 11 is 0. The lowest BCUT2D eigenvalue weighted by atomic mass is 10.1. The van der Waals surface area contributed by atoms with E-state index in [1.807, 2.05) is 48.2 Å². The molecule has 0 atom stereocenters. The van der Waals surface area contributed by atoms with Crippen LogP contribution < -0.4 is 15.5 Å². The van der Waals surface area contributed by atoms with Crippen molar-refractivity contribution < 1.29 is 14.4 Å². The fourth-order valence-electron chi connectivity index (χ4n) is 4.37. The van der Waals surface area contributed by atoms with Crippen molar-refractivity contribution in [2.24, 2.45) is 0 Å². The highest BCUT2D eigenvalue weighted by molar-refractivity contribution is 6.06. The van der Waals surface area contributed by atoms with Gasteiger partial charge < -0.3 is 20.4 Å². The molecule has 186 valence electrons. The van der Waals surface area contributed by atoms with Crippen LogP contribution in [0.15, 0.2) is 78.9 Å². The van der Waals surface area contributed by atoms with Crippen LogP contribution in [-0.4, -0.2) is 48.8 Å². The summed E-state index contributed by atoms with van der Waals surface area (Å²) in [7, 11) is 0. The van der Waals surface area contributed by atoms with Crippen molar-refractivity contribution in [1.82, 2.24) is 4.90 Å². The molecular weight excluding hydrogens is 452 g/mol. The Bertz CT molecular complexity index is 1210. The monoisotopic (exact) mass is 484 g/mol. The molecule has 0 aliphatic carbocycles. The van der Waals surface area contributed by atoms with Gasteiger partial charge in [-0.1, -0.05) is 30.3 Å². The fourth-order valence-corrected chi connectivity index (χ4v) is 4.37. The molecule has 3 amide bonds. The van der Waals surface area contributed by atoms with Gasteiger partial charge in [0.05, 0.1) is 6.54 Å². The largest absolute Gasteiger partial charge is 0.376 e. The van der Waals surface area contributed by atoms with Crippen LogP contribution in [0.25, 0.3) is 0 Å². The number of benzene rings is 3. The van der Waals surface area contributed by atoms with Gasteiger partial charge in [0.2, 0.25) is 5.91 Å². The Morgan fingerprint density at radius 3 is 2.19 bits per heavy atom. The third-order valence-corrected chi connectivity index (χ3v) is 6.23. The minimum Gasteiger partial charge on any atom is -0.376 e. The molecular formula is C29H32N4O3. The number of hydrogen-bond acceptors (Lipinski definition) is 4. The Hall–Kier alpha value is -4.13. The summed E-state index contributed by atoms with van der Waals surface area (Å²) in [6.45, 7) is 4.07. The first-order valence-electron chi connectivity index (χ1n) is 12.4. The number of nitrogens with zero attached hydrogens (tertiary/aromatic N) is 2.